The molecule has 0 spiro atoms. The van der Waals surface area contributed by atoms with Gasteiger partial charge in [-0.3, -0.25) is 9.69 Å². The summed E-state index contributed by atoms with van der Waals surface area (Å²) in [5.41, 5.74) is 5.26. The van der Waals surface area contributed by atoms with Crippen molar-refractivity contribution < 1.29 is 14.3 Å². The van der Waals surface area contributed by atoms with E-state index in [0.29, 0.717) is 0 Å². The van der Waals surface area contributed by atoms with Gasteiger partial charge in [0.2, 0.25) is 5.91 Å². The van der Waals surface area contributed by atoms with Crippen LogP contribution in [0.1, 0.15) is 12.8 Å². The molecule has 1 amide bonds. The minimum Gasteiger partial charge on any atom is -0.369 e. The van der Waals surface area contributed by atoms with Crippen molar-refractivity contribution in [2.24, 2.45) is 11.7 Å². The van der Waals surface area contributed by atoms with Crippen LogP contribution >= 0.6 is 0 Å². The third-order valence-corrected chi connectivity index (χ3v) is 2.92. The van der Waals surface area contributed by atoms with Gasteiger partial charge in [-0.25, -0.2) is 0 Å². The number of nitrogens with zero attached hydrogens (tertiary/aromatic N) is 1. The molecule has 5 nitrogen and oxygen atoms in total. The van der Waals surface area contributed by atoms with Crippen LogP contribution in [0.4, 0.5) is 0 Å². The Balaban J connectivity index is 2.28. The van der Waals surface area contributed by atoms with Crippen LogP contribution in [-0.4, -0.2) is 51.0 Å². The molecule has 0 aromatic carbocycles. The van der Waals surface area contributed by atoms with Crippen molar-refractivity contribution in [3.05, 3.63) is 0 Å². The summed E-state index contributed by atoms with van der Waals surface area (Å²) in [7, 11) is 3.26. The molecule has 1 rings (SSSR count). The maximum atomic E-state index is 10.9. The normalized spacial score (nSPS) is 19.7. The van der Waals surface area contributed by atoms with Crippen molar-refractivity contribution in [2.75, 3.05) is 33.9 Å². The number of carbonyl (C=O) groups is 1. The summed E-state index contributed by atoms with van der Waals surface area (Å²) in [5.74, 6) is -0.130. The van der Waals surface area contributed by atoms with Gasteiger partial charge < -0.3 is 15.2 Å². The molecule has 0 aliphatic carbocycles. The van der Waals surface area contributed by atoms with E-state index in [1.54, 1.807) is 14.2 Å². The third kappa shape index (κ3) is 3.77. The summed E-state index contributed by atoms with van der Waals surface area (Å²) in [4.78, 5) is 13.2. The second kappa shape index (κ2) is 6.05. The lowest BCUT2D eigenvalue weighted by atomic mass is 9.96. The lowest BCUT2D eigenvalue weighted by Gasteiger charge is -2.32. The van der Waals surface area contributed by atoms with E-state index >= 15 is 0 Å². The fraction of sp³-hybridized carbons (Fsp3) is 0.900. The molecule has 0 aromatic heterocycles. The Morgan fingerprint density at radius 3 is 2.33 bits per heavy atom. The summed E-state index contributed by atoms with van der Waals surface area (Å²) >= 11 is 0. The summed E-state index contributed by atoms with van der Waals surface area (Å²) in [6, 6.07) is 0. The van der Waals surface area contributed by atoms with Crippen LogP contribution in [-0.2, 0) is 14.3 Å². The molecule has 2 N–H and O–H groups in total. The molecule has 0 atom stereocenters. The Morgan fingerprint density at radius 2 is 1.93 bits per heavy atom. The van der Waals surface area contributed by atoms with E-state index in [1.807, 2.05) is 0 Å². The van der Waals surface area contributed by atoms with Gasteiger partial charge in [-0.05, 0) is 25.9 Å². The van der Waals surface area contributed by atoms with Crippen LogP contribution in [0.5, 0.6) is 0 Å². The van der Waals surface area contributed by atoms with Crippen molar-refractivity contribution in [2.45, 2.75) is 19.1 Å². The Kier molecular flexibility index (Phi) is 5.01. The summed E-state index contributed by atoms with van der Waals surface area (Å²) in [6.07, 6.45) is 1.50. The predicted octanol–water partition coefficient (Wildman–Crippen LogP) is -0.197. The van der Waals surface area contributed by atoms with Crippen molar-refractivity contribution >= 4 is 5.91 Å². The van der Waals surface area contributed by atoms with Crippen LogP contribution in [0.15, 0.2) is 0 Å². The number of nitrogens with two attached hydrogens (primary N) is 1. The van der Waals surface area contributed by atoms with Crippen molar-refractivity contribution in [3.8, 4) is 0 Å². The highest BCUT2D eigenvalue weighted by Crippen LogP contribution is 2.16. The van der Waals surface area contributed by atoms with Crippen molar-refractivity contribution in [1.29, 1.82) is 0 Å². The quantitative estimate of drug-likeness (QED) is 0.647. The van der Waals surface area contributed by atoms with Crippen molar-refractivity contribution in [3.63, 3.8) is 0 Å². The number of methoxy groups -OCH3 is 2. The number of hydrogen-bond acceptors (Lipinski definition) is 4. The maximum Gasteiger partial charge on any atom is 0.220 e. The first-order valence-corrected chi connectivity index (χ1v) is 5.24. The zero-order valence-electron chi connectivity index (χ0n) is 9.44. The molecule has 1 aliphatic rings. The molecule has 88 valence electrons. The van der Waals surface area contributed by atoms with Crippen LogP contribution in [0.2, 0.25) is 0 Å². The van der Waals surface area contributed by atoms with Crippen LogP contribution in [0.25, 0.3) is 0 Å². The average Bonchev–Trinajstić information content (AvgIpc) is 2.26. The zero-order valence-corrected chi connectivity index (χ0v) is 9.44. The van der Waals surface area contributed by atoms with E-state index < -0.39 is 0 Å². The van der Waals surface area contributed by atoms with Crippen LogP contribution < -0.4 is 5.73 Å². The number of likely N-dealkylation sites (tertiary alicyclic amines) is 1. The highest BCUT2D eigenvalue weighted by Gasteiger charge is 2.24. The number of rotatable bonds is 5. The van der Waals surface area contributed by atoms with E-state index in [2.05, 4.69) is 4.90 Å². The van der Waals surface area contributed by atoms with E-state index in [0.717, 1.165) is 32.5 Å². The van der Waals surface area contributed by atoms with Crippen LogP contribution in [0.3, 0.4) is 0 Å². The molecule has 1 saturated heterocycles. The van der Waals surface area contributed by atoms with Crippen LogP contribution in [0, 0.1) is 5.92 Å². The molecule has 0 unspecified atom stereocenters. The summed E-state index contributed by atoms with van der Waals surface area (Å²) in [5, 5.41) is 0. The van der Waals surface area contributed by atoms with Gasteiger partial charge in [-0.2, -0.15) is 0 Å². The highest BCUT2D eigenvalue weighted by molar-refractivity contribution is 5.76. The van der Waals surface area contributed by atoms with Gasteiger partial charge in [0.1, 0.15) is 0 Å². The molecular weight excluding hydrogens is 196 g/mol. The van der Waals surface area contributed by atoms with Gasteiger partial charge in [0, 0.05) is 26.7 Å². The number of amides is 1. The predicted molar refractivity (Wildman–Crippen MR) is 56.2 cm³/mol. The highest BCUT2D eigenvalue weighted by atomic mass is 16.7. The molecule has 1 fully saturated rings. The summed E-state index contributed by atoms with van der Waals surface area (Å²) < 4.78 is 10.2. The molecular formula is C10H20N2O3. The third-order valence-electron chi connectivity index (χ3n) is 2.92. The molecule has 0 bridgehead atoms. The van der Waals surface area contributed by atoms with Gasteiger partial charge in [0.15, 0.2) is 6.29 Å². The first-order valence-electron chi connectivity index (χ1n) is 5.24. The number of carbonyl (C=O) groups excluding carboxylic acids is 1. The standard InChI is InChI=1S/C10H20N2O3/c1-14-9(15-2)7-12-5-3-8(4-6-12)10(11)13/h8-9H,3-7H2,1-2H3,(H2,11,13). The number of ether oxygens (including phenoxy) is 2. The number of hydrogen-bond donors (Lipinski definition) is 1. The van der Waals surface area contributed by atoms with Gasteiger partial charge in [-0.15, -0.1) is 0 Å². The SMILES string of the molecule is COC(CN1CCC(C(N)=O)CC1)OC. The van der Waals surface area contributed by atoms with Gasteiger partial charge in [0.25, 0.3) is 0 Å². The molecule has 0 radical (unpaired) electrons. The fourth-order valence-corrected chi connectivity index (χ4v) is 1.86. The minimum atomic E-state index is -0.185. The van der Waals surface area contributed by atoms with E-state index in [9.17, 15) is 4.79 Å². The lowest BCUT2D eigenvalue weighted by Crippen LogP contribution is -2.42. The fourth-order valence-electron chi connectivity index (χ4n) is 1.86. The average molecular weight is 216 g/mol. The smallest absolute Gasteiger partial charge is 0.220 e. The van der Waals surface area contributed by atoms with Crippen molar-refractivity contribution in [1.82, 2.24) is 4.90 Å². The maximum absolute atomic E-state index is 10.9. The Bertz CT molecular complexity index is 199. The van der Waals surface area contributed by atoms with Gasteiger partial charge >= 0.3 is 0 Å². The van der Waals surface area contributed by atoms with E-state index in [1.165, 1.54) is 0 Å². The molecule has 15 heavy (non-hydrogen) atoms. The monoisotopic (exact) mass is 216 g/mol. The lowest BCUT2D eigenvalue weighted by molar-refractivity contribution is -0.127. The number of primary amides is 1. The Morgan fingerprint density at radius 1 is 1.40 bits per heavy atom. The molecule has 5 heteroatoms. The molecule has 0 saturated carbocycles. The van der Waals surface area contributed by atoms with E-state index in [-0.39, 0.29) is 18.1 Å². The topological polar surface area (TPSA) is 64.8 Å². The Hall–Kier alpha value is -0.650. The van der Waals surface area contributed by atoms with E-state index in [4.69, 9.17) is 15.2 Å². The minimum absolute atomic E-state index is 0.0461. The largest absolute Gasteiger partial charge is 0.369 e. The first-order chi connectivity index (χ1) is 7.17. The second-order valence-corrected chi connectivity index (χ2v) is 3.88. The first kappa shape index (κ1) is 12.4. The molecule has 0 aromatic rings. The molecule has 1 heterocycles. The summed E-state index contributed by atoms with van der Waals surface area (Å²) in [6.45, 7) is 2.52. The second-order valence-electron chi connectivity index (χ2n) is 3.88. The zero-order chi connectivity index (χ0) is 11.3. The molecule has 1 aliphatic heterocycles. The van der Waals surface area contributed by atoms with Gasteiger partial charge in [-0.1, -0.05) is 0 Å². The Labute approximate surface area is 90.5 Å². The number of piperidine rings is 1. The van der Waals surface area contributed by atoms with Gasteiger partial charge in [0.05, 0.1) is 0 Å².